The van der Waals surface area contributed by atoms with Gasteiger partial charge < -0.3 is 11.1 Å². The average Bonchev–Trinajstić information content (AvgIpc) is 2.78. The molecule has 2 unspecified atom stereocenters. The van der Waals surface area contributed by atoms with Gasteiger partial charge in [-0.3, -0.25) is 4.79 Å². The van der Waals surface area contributed by atoms with Crippen LogP contribution in [0.3, 0.4) is 0 Å². The van der Waals surface area contributed by atoms with Gasteiger partial charge in [0.15, 0.2) is 0 Å². The molecule has 2 saturated carbocycles. The largest absolute Gasteiger partial charge is 0.393 e. The van der Waals surface area contributed by atoms with Crippen LogP contribution in [-0.2, 0) is 4.79 Å². The monoisotopic (exact) mass is 268 g/mol. The van der Waals surface area contributed by atoms with E-state index in [2.05, 4.69) is 5.32 Å². The van der Waals surface area contributed by atoms with Crippen molar-refractivity contribution >= 4 is 23.1 Å². The highest BCUT2D eigenvalue weighted by Gasteiger charge is 2.30. The van der Waals surface area contributed by atoms with E-state index in [1.807, 2.05) is 0 Å². The second-order valence-corrected chi connectivity index (χ2v) is 6.29. The van der Waals surface area contributed by atoms with Gasteiger partial charge in [0.2, 0.25) is 5.91 Å². The SMILES string of the molecule is NC(=S)C1CCCC1NC(=O)CC1CCCCC1. The summed E-state index contributed by atoms with van der Waals surface area (Å²) in [4.78, 5) is 12.6. The Kier molecular flexibility index (Phi) is 4.98. The molecule has 18 heavy (non-hydrogen) atoms. The van der Waals surface area contributed by atoms with Crippen molar-refractivity contribution in [3.05, 3.63) is 0 Å². The van der Waals surface area contributed by atoms with Crippen LogP contribution in [0.15, 0.2) is 0 Å². The highest BCUT2D eigenvalue weighted by Crippen LogP contribution is 2.28. The molecule has 2 aliphatic carbocycles. The molecule has 0 spiro atoms. The van der Waals surface area contributed by atoms with E-state index >= 15 is 0 Å². The Morgan fingerprint density at radius 3 is 2.50 bits per heavy atom. The van der Waals surface area contributed by atoms with Crippen molar-refractivity contribution in [1.29, 1.82) is 0 Å². The second-order valence-electron chi connectivity index (χ2n) is 5.82. The predicted molar refractivity (Wildman–Crippen MR) is 77.2 cm³/mol. The van der Waals surface area contributed by atoms with Gasteiger partial charge in [-0.25, -0.2) is 0 Å². The van der Waals surface area contributed by atoms with Crippen LogP contribution in [0.1, 0.15) is 57.8 Å². The van der Waals surface area contributed by atoms with Crippen molar-refractivity contribution in [3.63, 3.8) is 0 Å². The van der Waals surface area contributed by atoms with E-state index in [1.54, 1.807) is 0 Å². The number of carbonyl (C=O) groups excluding carboxylic acids is 1. The summed E-state index contributed by atoms with van der Waals surface area (Å²) < 4.78 is 0. The first-order chi connectivity index (χ1) is 8.66. The van der Waals surface area contributed by atoms with Gasteiger partial charge in [0.1, 0.15) is 0 Å². The number of amides is 1. The van der Waals surface area contributed by atoms with Crippen LogP contribution in [0.4, 0.5) is 0 Å². The summed E-state index contributed by atoms with van der Waals surface area (Å²) in [6.07, 6.45) is 10.2. The fraction of sp³-hybridized carbons (Fsp3) is 0.857. The van der Waals surface area contributed by atoms with Crippen molar-refractivity contribution in [3.8, 4) is 0 Å². The zero-order valence-corrected chi connectivity index (χ0v) is 11.8. The number of hydrogen-bond acceptors (Lipinski definition) is 2. The normalized spacial score (nSPS) is 29.1. The molecular formula is C14H24N2OS. The van der Waals surface area contributed by atoms with E-state index in [0.29, 0.717) is 17.3 Å². The van der Waals surface area contributed by atoms with Crippen molar-refractivity contribution < 1.29 is 4.79 Å². The van der Waals surface area contributed by atoms with Gasteiger partial charge in [0.05, 0.1) is 4.99 Å². The third-order valence-corrected chi connectivity index (χ3v) is 4.73. The molecule has 3 nitrogen and oxygen atoms in total. The van der Waals surface area contributed by atoms with Crippen LogP contribution in [0.5, 0.6) is 0 Å². The molecule has 0 saturated heterocycles. The quantitative estimate of drug-likeness (QED) is 0.770. The number of nitrogens with one attached hydrogen (secondary N) is 1. The van der Waals surface area contributed by atoms with Gasteiger partial charge in [0.25, 0.3) is 0 Å². The van der Waals surface area contributed by atoms with E-state index < -0.39 is 0 Å². The minimum atomic E-state index is 0.193. The molecule has 2 atom stereocenters. The minimum Gasteiger partial charge on any atom is -0.393 e. The van der Waals surface area contributed by atoms with Gasteiger partial charge in [-0.15, -0.1) is 0 Å². The summed E-state index contributed by atoms with van der Waals surface area (Å²) >= 11 is 5.07. The van der Waals surface area contributed by atoms with Gasteiger partial charge in [0, 0.05) is 18.4 Å². The molecule has 0 aromatic rings. The summed E-state index contributed by atoms with van der Waals surface area (Å²) in [6.45, 7) is 0. The summed E-state index contributed by atoms with van der Waals surface area (Å²) in [7, 11) is 0. The maximum absolute atomic E-state index is 12.0. The molecular weight excluding hydrogens is 244 g/mol. The molecule has 0 bridgehead atoms. The molecule has 4 heteroatoms. The van der Waals surface area contributed by atoms with Crippen LogP contribution in [0, 0.1) is 11.8 Å². The van der Waals surface area contributed by atoms with Crippen LogP contribution < -0.4 is 11.1 Å². The Labute approximate surface area is 115 Å². The number of rotatable bonds is 4. The van der Waals surface area contributed by atoms with Crippen molar-refractivity contribution in [1.82, 2.24) is 5.32 Å². The summed E-state index contributed by atoms with van der Waals surface area (Å²) in [6, 6.07) is 0.193. The molecule has 2 fully saturated rings. The van der Waals surface area contributed by atoms with Gasteiger partial charge in [-0.1, -0.05) is 37.9 Å². The number of thiocarbonyl (C=S) groups is 1. The highest BCUT2D eigenvalue weighted by molar-refractivity contribution is 7.80. The Hall–Kier alpha value is -0.640. The standard InChI is InChI=1S/C14H24N2OS/c15-14(18)11-7-4-8-12(11)16-13(17)9-10-5-2-1-3-6-10/h10-12H,1-9H2,(H2,15,18)(H,16,17). The number of hydrogen-bond donors (Lipinski definition) is 2. The first-order valence-corrected chi connectivity index (χ1v) is 7.66. The highest BCUT2D eigenvalue weighted by atomic mass is 32.1. The van der Waals surface area contributed by atoms with Crippen LogP contribution in [0.25, 0.3) is 0 Å². The van der Waals surface area contributed by atoms with Gasteiger partial charge in [-0.05, 0) is 31.6 Å². The van der Waals surface area contributed by atoms with Crippen LogP contribution in [0.2, 0.25) is 0 Å². The Bertz CT molecular complexity index is 313. The summed E-state index contributed by atoms with van der Waals surface area (Å²) in [5.41, 5.74) is 5.73. The smallest absolute Gasteiger partial charge is 0.220 e. The van der Waals surface area contributed by atoms with E-state index in [9.17, 15) is 4.79 Å². The fourth-order valence-electron chi connectivity index (χ4n) is 3.39. The molecule has 2 aliphatic rings. The number of carbonyl (C=O) groups is 1. The van der Waals surface area contributed by atoms with E-state index in [1.165, 1.54) is 32.1 Å². The van der Waals surface area contributed by atoms with Crippen LogP contribution >= 0.6 is 12.2 Å². The topological polar surface area (TPSA) is 55.1 Å². The zero-order chi connectivity index (χ0) is 13.0. The molecule has 0 aliphatic heterocycles. The first kappa shape index (κ1) is 13.8. The average molecular weight is 268 g/mol. The minimum absolute atomic E-state index is 0.193. The predicted octanol–water partition coefficient (Wildman–Crippen LogP) is 2.53. The molecule has 2 rings (SSSR count). The lowest BCUT2D eigenvalue weighted by atomic mass is 9.86. The fourth-order valence-corrected chi connectivity index (χ4v) is 3.67. The lowest BCUT2D eigenvalue weighted by Crippen LogP contribution is -2.42. The van der Waals surface area contributed by atoms with Gasteiger partial charge >= 0.3 is 0 Å². The van der Waals surface area contributed by atoms with E-state index in [4.69, 9.17) is 18.0 Å². The molecule has 3 N–H and O–H groups in total. The lowest BCUT2D eigenvalue weighted by Gasteiger charge is -2.24. The third kappa shape index (κ3) is 3.67. The van der Waals surface area contributed by atoms with Crippen molar-refractivity contribution in [2.24, 2.45) is 17.6 Å². The van der Waals surface area contributed by atoms with Crippen LogP contribution in [-0.4, -0.2) is 16.9 Å². The Morgan fingerprint density at radius 2 is 1.83 bits per heavy atom. The maximum Gasteiger partial charge on any atom is 0.220 e. The summed E-state index contributed by atoms with van der Waals surface area (Å²) in [5, 5.41) is 3.15. The third-order valence-electron chi connectivity index (χ3n) is 4.43. The van der Waals surface area contributed by atoms with Crippen molar-refractivity contribution in [2.45, 2.75) is 63.8 Å². The molecule has 0 radical (unpaired) electrons. The maximum atomic E-state index is 12.0. The summed E-state index contributed by atoms with van der Waals surface area (Å²) in [5.74, 6) is 1.02. The van der Waals surface area contributed by atoms with Crippen molar-refractivity contribution in [2.75, 3.05) is 0 Å². The zero-order valence-electron chi connectivity index (χ0n) is 11.0. The second kappa shape index (κ2) is 6.50. The Morgan fingerprint density at radius 1 is 1.11 bits per heavy atom. The Balaban J connectivity index is 1.77. The number of nitrogens with two attached hydrogens (primary N) is 1. The lowest BCUT2D eigenvalue weighted by molar-refractivity contribution is -0.123. The molecule has 0 aromatic carbocycles. The first-order valence-electron chi connectivity index (χ1n) is 7.25. The van der Waals surface area contributed by atoms with Gasteiger partial charge in [-0.2, -0.15) is 0 Å². The molecule has 0 aromatic heterocycles. The molecule has 0 heterocycles. The van der Waals surface area contributed by atoms with E-state index in [-0.39, 0.29) is 17.9 Å². The molecule has 102 valence electrons. The molecule has 1 amide bonds. The van der Waals surface area contributed by atoms with E-state index in [0.717, 1.165) is 19.3 Å².